The molecule has 37 heavy (non-hydrogen) atoms. The predicted octanol–water partition coefficient (Wildman–Crippen LogP) is 3.16. The third-order valence-electron chi connectivity index (χ3n) is 5.51. The lowest BCUT2D eigenvalue weighted by Crippen LogP contribution is -2.43. The molecule has 3 aromatic carbocycles. The number of esters is 1. The van der Waals surface area contributed by atoms with Crippen LogP contribution >= 0.6 is 0 Å². The molecular formula is C27H25N3O7. The van der Waals surface area contributed by atoms with Crippen molar-refractivity contribution in [2.45, 2.75) is 6.42 Å². The van der Waals surface area contributed by atoms with Gasteiger partial charge in [0.15, 0.2) is 6.61 Å². The van der Waals surface area contributed by atoms with Crippen LogP contribution < -0.4 is 20.2 Å². The van der Waals surface area contributed by atoms with Crippen LogP contribution in [0.25, 0.3) is 0 Å². The number of hydrazine groups is 1. The van der Waals surface area contributed by atoms with Crippen LogP contribution in [-0.2, 0) is 19.1 Å². The van der Waals surface area contributed by atoms with E-state index in [4.69, 9.17) is 14.2 Å². The Labute approximate surface area is 213 Å². The van der Waals surface area contributed by atoms with E-state index in [9.17, 15) is 19.2 Å². The molecule has 0 saturated carbocycles. The average molecular weight is 504 g/mol. The second-order valence-corrected chi connectivity index (χ2v) is 8.14. The SMILES string of the molecule is COc1ccccc1C(=O)NN1C[C@H](C(=O)OCC(=O)Nc2ccc(Oc3ccccc3)cc2)CC1=O. The number of rotatable bonds is 9. The van der Waals surface area contributed by atoms with Crippen LogP contribution in [0.4, 0.5) is 5.69 Å². The normalized spacial score (nSPS) is 14.6. The summed E-state index contributed by atoms with van der Waals surface area (Å²) < 4.78 is 16.0. The summed E-state index contributed by atoms with van der Waals surface area (Å²) >= 11 is 0. The number of nitrogens with zero attached hydrogens (tertiary/aromatic N) is 1. The molecule has 1 aliphatic rings. The Morgan fingerprint density at radius 3 is 2.32 bits per heavy atom. The highest BCUT2D eigenvalue weighted by Crippen LogP contribution is 2.23. The summed E-state index contributed by atoms with van der Waals surface area (Å²) in [7, 11) is 1.44. The Morgan fingerprint density at radius 1 is 0.919 bits per heavy atom. The number of benzene rings is 3. The molecule has 1 aliphatic heterocycles. The third kappa shape index (κ3) is 6.63. The summed E-state index contributed by atoms with van der Waals surface area (Å²) in [5.41, 5.74) is 3.24. The highest BCUT2D eigenvalue weighted by atomic mass is 16.5. The monoisotopic (exact) mass is 503 g/mol. The molecule has 10 nitrogen and oxygen atoms in total. The first-order valence-electron chi connectivity index (χ1n) is 11.5. The third-order valence-corrected chi connectivity index (χ3v) is 5.51. The number of carbonyl (C=O) groups is 4. The molecule has 4 rings (SSSR count). The number of methoxy groups -OCH3 is 1. The first-order chi connectivity index (χ1) is 17.9. The number of carbonyl (C=O) groups excluding carboxylic acids is 4. The predicted molar refractivity (Wildman–Crippen MR) is 133 cm³/mol. The number of amides is 3. The van der Waals surface area contributed by atoms with Crippen molar-refractivity contribution in [3.8, 4) is 17.2 Å². The number of para-hydroxylation sites is 2. The van der Waals surface area contributed by atoms with Crippen molar-refractivity contribution >= 4 is 29.4 Å². The molecule has 190 valence electrons. The van der Waals surface area contributed by atoms with Gasteiger partial charge in [0.2, 0.25) is 5.91 Å². The summed E-state index contributed by atoms with van der Waals surface area (Å²) in [5.74, 6) is -1.38. The van der Waals surface area contributed by atoms with Gasteiger partial charge in [0.25, 0.3) is 11.8 Å². The number of hydrogen-bond acceptors (Lipinski definition) is 7. The largest absolute Gasteiger partial charge is 0.496 e. The van der Waals surface area contributed by atoms with E-state index in [1.807, 2.05) is 30.3 Å². The van der Waals surface area contributed by atoms with Gasteiger partial charge >= 0.3 is 5.97 Å². The Hall–Kier alpha value is -4.86. The van der Waals surface area contributed by atoms with Gasteiger partial charge in [-0.05, 0) is 48.5 Å². The van der Waals surface area contributed by atoms with Crippen molar-refractivity contribution in [3.05, 3.63) is 84.4 Å². The molecular weight excluding hydrogens is 478 g/mol. The van der Waals surface area contributed by atoms with E-state index in [0.717, 1.165) is 5.01 Å². The van der Waals surface area contributed by atoms with E-state index in [0.29, 0.717) is 22.9 Å². The van der Waals surface area contributed by atoms with Crippen LogP contribution in [0.1, 0.15) is 16.8 Å². The Morgan fingerprint density at radius 2 is 1.59 bits per heavy atom. The number of anilines is 1. The number of hydrogen-bond donors (Lipinski definition) is 2. The van der Waals surface area contributed by atoms with Gasteiger partial charge in [-0.1, -0.05) is 30.3 Å². The number of ether oxygens (including phenoxy) is 3. The molecule has 0 spiro atoms. The molecule has 2 N–H and O–H groups in total. The van der Waals surface area contributed by atoms with Crippen molar-refractivity contribution in [2.24, 2.45) is 5.92 Å². The molecule has 1 fully saturated rings. The Kier molecular flexibility index (Phi) is 7.99. The maximum atomic E-state index is 12.5. The van der Waals surface area contributed by atoms with Gasteiger partial charge in [-0.3, -0.25) is 29.6 Å². The summed E-state index contributed by atoms with van der Waals surface area (Å²) in [6, 6.07) is 22.6. The molecule has 0 aromatic heterocycles. The van der Waals surface area contributed by atoms with E-state index in [1.54, 1.807) is 48.5 Å². The fraction of sp³-hybridized carbons (Fsp3) is 0.185. The van der Waals surface area contributed by atoms with Crippen molar-refractivity contribution in [2.75, 3.05) is 25.6 Å². The quantitative estimate of drug-likeness (QED) is 0.430. The van der Waals surface area contributed by atoms with E-state index in [1.165, 1.54) is 7.11 Å². The average Bonchev–Trinajstić information content (AvgIpc) is 3.28. The van der Waals surface area contributed by atoms with Crippen molar-refractivity contribution < 1.29 is 33.4 Å². The lowest BCUT2D eigenvalue weighted by atomic mass is 10.1. The zero-order valence-corrected chi connectivity index (χ0v) is 20.0. The minimum absolute atomic E-state index is 0.0664. The zero-order valence-electron chi connectivity index (χ0n) is 20.0. The fourth-order valence-corrected chi connectivity index (χ4v) is 3.67. The molecule has 0 aliphatic carbocycles. The smallest absolute Gasteiger partial charge is 0.311 e. The molecule has 10 heteroatoms. The number of nitrogens with one attached hydrogen (secondary N) is 2. The van der Waals surface area contributed by atoms with E-state index in [2.05, 4.69) is 10.7 Å². The second-order valence-electron chi connectivity index (χ2n) is 8.14. The molecule has 0 unspecified atom stereocenters. The molecule has 1 heterocycles. The molecule has 1 atom stereocenters. The van der Waals surface area contributed by atoms with E-state index in [-0.39, 0.29) is 18.5 Å². The fourth-order valence-electron chi connectivity index (χ4n) is 3.67. The minimum atomic E-state index is -0.812. The standard InChI is InChI=1S/C27H25N3O7/c1-35-23-10-6-5-9-22(23)26(33)29-30-16-18(15-25(30)32)27(34)36-17-24(31)28-19-11-13-21(14-12-19)37-20-7-3-2-4-8-20/h2-14,18H,15-17H2,1H3,(H,28,31)(H,29,33)/t18-/m1/s1. The van der Waals surface area contributed by atoms with Crippen molar-refractivity contribution in [1.29, 1.82) is 0 Å². The maximum Gasteiger partial charge on any atom is 0.311 e. The summed E-state index contributed by atoms with van der Waals surface area (Å²) in [6.07, 6.45) is -0.143. The molecule has 0 bridgehead atoms. The Balaban J connectivity index is 1.23. The molecule has 3 amide bonds. The molecule has 0 radical (unpaired) electrons. The Bertz CT molecular complexity index is 1280. The second kappa shape index (κ2) is 11.7. The van der Waals surface area contributed by atoms with Gasteiger partial charge in [0.1, 0.15) is 17.2 Å². The van der Waals surface area contributed by atoms with E-state index >= 15 is 0 Å². The van der Waals surface area contributed by atoms with Crippen molar-refractivity contribution in [3.63, 3.8) is 0 Å². The minimum Gasteiger partial charge on any atom is -0.496 e. The van der Waals surface area contributed by atoms with Crippen LogP contribution in [0.15, 0.2) is 78.9 Å². The first kappa shape index (κ1) is 25.2. The van der Waals surface area contributed by atoms with Gasteiger partial charge in [-0.2, -0.15) is 0 Å². The summed E-state index contributed by atoms with van der Waals surface area (Å²) in [5, 5.41) is 3.70. The highest BCUT2D eigenvalue weighted by molar-refractivity contribution is 5.98. The van der Waals surface area contributed by atoms with Gasteiger partial charge in [0.05, 0.1) is 25.1 Å². The summed E-state index contributed by atoms with van der Waals surface area (Å²) in [4.78, 5) is 49.5. The first-order valence-corrected chi connectivity index (χ1v) is 11.5. The maximum absolute atomic E-state index is 12.5. The zero-order chi connectivity index (χ0) is 26.2. The topological polar surface area (TPSA) is 123 Å². The van der Waals surface area contributed by atoms with Crippen LogP contribution in [0.5, 0.6) is 17.2 Å². The molecule has 3 aromatic rings. The highest BCUT2D eigenvalue weighted by Gasteiger charge is 2.37. The lowest BCUT2D eigenvalue weighted by molar-refractivity contribution is -0.151. The van der Waals surface area contributed by atoms with Crippen LogP contribution in [0.2, 0.25) is 0 Å². The van der Waals surface area contributed by atoms with Gasteiger partial charge in [-0.15, -0.1) is 0 Å². The molecule has 1 saturated heterocycles. The van der Waals surface area contributed by atoms with Gasteiger partial charge in [-0.25, -0.2) is 0 Å². The van der Waals surface area contributed by atoms with Crippen LogP contribution in [-0.4, -0.2) is 49.0 Å². The van der Waals surface area contributed by atoms with Gasteiger partial charge < -0.3 is 19.5 Å². The van der Waals surface area contributed by atoms with E-state index < -0.39 is 36.2 Å². The summed E-state index contributed by atoms with van der Waals surface area (Å²) in [6.45, 7) is -0.581. The van der Waals surface area contributed by atoms with Crippen molar-refractivity contribution in [1.82, 2.24) is 10.4 Å². The van der Waals surface area contributed by atoms with Gasteiger partial charge in [0, 0.05) is 12.1 Å². The lowest BCUT2D eigenvalue weighted by Gasteiger charge is -2.18. The van der Waals surface area contributed by atoms with Crippen LogP contribution in [0.3, 0.4) is 0 Å². The van der Waals surface area contributed by atoms with Crippen LogP contribution in [0, 0.1) is 5.92 Å².